The number of ether oxygens (including phenoxy) is 1. The van der Waals surface area contributed by atoms with Crippen LogP contribution in [0.5, 0.6) is 0 Å². The van der Waals surface area contributed by atoms with Crippen molar-refractivity contribution in [3.05, 3.63) is 29.8 Å². The van der Waals surface area contributed by atoms with Crippen molar-refractivity contribution >= 4 is 27.8 Å². The van der Waals surface area contributed by atoms with Gasteiger partial charge in [-0.3, -0.25) is 9.59 Å². The average molecular weight is 423 g/mol. The lowest BCUT2D eigenvalue weighted by Gasteiger charge is -2.33. The van der Waals surface area contributed by atoms with Crippen molar-refractivity contribution < 1.29 is 27.5 Å². The second-order valence-electron chi connectivity index (χ2n) is 7.27. The first-order chi connectivity index (χ1) is 13.7. The van der Waals surface area contributed by atoms with Crippen LogP contribution in [0.4, 0.5) is 0 Å². The normalized spacial score (nSPS) is 18.8. The molecule has 0 unspecified atom stereocenters. The lowest BCUT2D eigenvalue weighted by atomic mass is 10.2. The summed E-state index contributed by atoms with van der Waals surface area (Å²) in [5, 5.41) is 2.75. The number of hydrogen-bond donors (Lipinski definition) is 1. The number of benzene rings is 1. The minimum absolute atomic E-state index is 0.0293. The molecule has 2 fully saturated rings. The Balaban J connectivity index is 1.67. The molecule has 1 saturated carbocycles. The summed E-state index contributed by atoms with van der Waals surface area (Å²) in [5.41, 5.74) is 0.0551. The Labute approximate surface area is 170 Å². The van der Waals surface area contributed by atoms with E-state index in [0.29, 0.717) is 13.1 Å². The number of sulfonamides is 1. The number of amides is 2. The van der Waals surface area contributed by atoms with Gasteiger partial charge in [-0.1, -0.05) is 6.07 Å². The number of nitrogens with zero attached hydrogens (tertiary/aromatic N) is 2. The first kappa shape index (κ1) is 21.3. The van der Waals surface area contributed by atoms with Crippen LogP contribution < -0.4 is 5.32 Å². The molecule has 1 atom stereocenters. The van der Waals surface area contributed by atoms with Crippen LogP contribution in [-0.2, 0) is 24.3 Å². The summed E-state index contributed by atoms with van der Waals surface area (Å²) in [5.74, 6) is -1.22. The van der Waals surface area contributed by atoms with Gasteiger partial charge in [-0.15, -0.1) is 0 Å². The molecule has 2 aliphatic rings. The molecule has 0 radical (unpaired) electrons. The Bertz CT molecular complexity index is 904. The molecule has 10 heteroatoms. The van der Waals surface area contributed by atoms with Gasteiger partial charge in [0.05, 0.1) is 10.5 Å². The van der Waals surface area contributed by atoms with Crippen LogP contribution in [0.2, 0.25) is 0 Å². The maximum absolute atomic E-state index is 12.9. The summed E-state index contributed by atoms with van der Waals surface area (Å²) in [4.78, 5) is 37.3. The Morgan fingerprint density at radius 3 is 2.38 bits per heavy atom. The number of esters is 1. The fourth-order valence-corrected chi connectivity index (χ4v) is 4.47. The zero-order valence-corrected chi connectivity index (χ0v) is 17.3. The SMILES string of the molecule is CC(=O)N1CCN(S(=O)(=O)c2cccc(C(=O)O[C@@H](C)C(=O)NC3CC3)c2)CC1. The predicted molar refractivity (Wildman–Crippen MR) is 103 cm³/mol. The minimum Gasteiger partial charge on any atom is -0.449 e. The third kappa shape index (κ3) is 5.13. The van der Waals surface area contributed by atoms with Crippen molar-refractivity contribution in [2.75, 3.05) is 26.2 Å². The van der Waals surface area contributed by atoms with E-state index < -0.39 is 22.1 Å². The Kier molecular flexibility index (Phi) is 6.23. The standard InChI is InChI=1S/C19H25N3O6S/c1-13(18(24)20-16-6-7-16)28-19(25)15-4-3-5-17(12-15)29(26,27)22-10-8-21(9-11-22)14(2)23/h3-5,12-13,16H,6-11H2,1-2H3,(H,20,24)/t13-/m0/s1. The maximum Gasteiger partial charge on any atom is 0.338 e. The molecule has 1 saturated heterocycles. The van der Waals surface area contributed by atoms with Crippen molar-refractivity contribution in [2.24, 2.45) is 0 Å². The zero-order valence-electron chi connectivity index (χ0n) is 16.5. The van der Waals surface area contributed by atoms with Crippen LogP contribution >= 0.6 is 0 Å². The van der Waals surface area contributed by atoms with Crippen molar-refractivity contribution in [1.29, 1.82) is 0 Å². The quantitative estimate of drug-likeness (QED) is 0.661. The van der Waals surface area contributed by atoms with Crippen molar-refractivity contribution in [3.63, 3.8) is 0 Å². The van der Waals surface area contributed by atoms with Crippen molar-refractivity contribution in [3.8, 4) is 0 Å². The monoisotopic (exact) mass is 423 g/mol. The van der Waals surface area contributed by atoms with Crippen molar-refractivity contribution in [1.82, 2.24) is 14.5 Å². The molecule has 1 aromatic rings. The third-order valence-corrected chi connectivity index (χ3v) is 6.86. The molecule has 1 N–H and O–H groups in total. The lowest BCUT2D eigenvalue weighted by Crippen LogP contribution is -2.49. The van der Waals surface area contributed by atoms with Gasteiger partial charge in [0.2, 0.25) is 15.9 Å². The number of carbonyl (C=O) groups excluding carboxylic acids is 3. The summed E-state index contributed by atoms with van der Waals surface area (Å²) in [6.07, 6.45) is 0.878. The van der Waals surface area contributed by atoms with Gasteiger partial charge in [0.1, 0.15) is 0 Å². The number of nitrogens with one attached hydrogen (secondary N) is 1. The molecule has 1 heterocycles. The zero-order chi connectivity index (χ0) is 21.2. The molecule has 0 bridgehead atoms. The number of piperazine rings is 1. The fraction of sp³-hybridized carbons (Fsp3) is 0.526. The molecule has 1 aliphatic heterocycles. The van der Waals surface area contributed by atoms with E-state index in [-0.39, 0.29) is 41.4 Å². The Hall–Kier alpha value is -2.46. The summed E-state index contributed by atoms with van der Waals surface area (Å²) in [6.45, 7) is 3.95. The van der Waals surface area contributed by atoms with E-state index in [4.69, 9.17) is 4.74 Å². The number of hydrogen-bond acceptors (Lipinski definition) is 6. The molecular weight excluding hydrogens is 398 g/mol. The molecule has 1 aliphatic carbocycles. The van der Waals surface area contributed by atoms with Crippen LogP contribution in [0.25, 0.3) is 0 Å². The molecule has 1 aromatic carbocycles. The van der Waals surface area contributed by atoms with Gasteiger partial charge in [-0.25, -0.2) is 13.2 Å². The fourth-order valence-electron chi connectivity index (χ4n) is 3.00. The van der Waals surface area contributed by atoms with Gasteiger partial charge in [-0.2, -0.15) is 4.31 Å². The molecule has 2 amide bonds. The highest BCUT2D eigenvalue weighted by molar-refractivity contribution is 7.89. The molecule has 9 nitrogen and oxygen atoms in total. The summed E-state index contributed by atoms with van der Waals surface area (Å²) < 4.78 is 32.3. The summed E-state index contributed by atoms with van der Waals surface area (Å²) >= 11 is 0. The summed E-state index contributed by atoms with van der Waals surface area (Å²) in [7, 11) is -3.81. The van der Waals surface area contributed by atoms with Crippen LogP contribution in [0.3, 0.4) is 0 Å². The van der Waals surface area contributed by atoms with E-state index in [0.717, 1.165) is 12.8 Å². The molecule has 158 valence electrons. The van der Waals surface area contributed by atoms with Gasteiger partial charge in [-0.05, 0) is 38.0 Å². The van der Waals surface area contributed by atoms with E-state index in [2.05, 4.69) is 5.32 Å². The van der Waals surface area contributed by atoms with Crippen LogP contribution in [0.15, 0.2) is 29.2 Å². The van der Waals surface area contributed by atoms with Gasteiger partial charge in [0, 0.05) is 39.1 Å². The first-order valence-corrected chi connectivity index (χ1v) is 11.0. The Morgan fingerprint density at radius 1 is 1.14 bits per heavy atom. The predicted octanol–water partition coefficient (Wildman–Crippen LogP) is 0.363. The second-order valence-corrected chi connectivity index (χ2v) is 9.21. The smallest absolute Gasteiger partial charge is 0.338 e. The van der Waals surface area contributed by atoms with E-state index in [1.165, 1.54) is 42.4 Å². The van der Waals surface area contributed by atoms with Crippen LogP contribution in [0.1, 0.15) is 37.0 Å². The topological polar surface area (TPSA) is 113 Å². The van der Waals surface area contributed by atoms with E-state index >= 15 is 0 Å². The number of rotatable bonds is 6. The van der Waals surface area contributed by atoms with E-state index in [1.54, 1.807) is 4.90 Å². The van der Waals surface area contributed by atoms with E-state index in [1.807, 2.05) is 0 Å². The van der Waals surface area contributed by atoms with Gasteiger partial charge in [0.15, 0.2) is 6.10 Å². The minimum atomic E-state index is -3.81. The third-order valence-electron chi connectivity index (χ3n) is 4.97. The molecule has 3 rings (SSSR count). The average Bonchev–Trinajstić information content (AvgIpc) is 3.52. The van der Waals surface area contributed by atoms with Gasteiger partial charge in [0.25, 0.3) is 5.91 Å². The van der Waals surface area contributed by atoms with Crippen LogP contribution in [-0.4, -0.2) is 73.7 Å². The van der Waals surface area contributed by atoms with E-state index in [9.17, 15) is 22.8 Å². The number of carbonyl (C=O) groups is 3. The van der Waals surface area contributed by atoms with Gasteiger partial charge >= 0.3 is 5.97 Å². The van der Waals surface area contributed by atoms with Crippen molar-refractivity contribution in [2.45, 2.75) is 43.7 Å². The Morgan fingerprint density at radius 2 is 1.79 bits per heavy atom. The molecule has 0 spiro atoms. The molecular formula is C19H25N3O6S. The second kappa shape index (κ2) is 8.50. The highest BCUT2D eigenvalue weighted by Crippen LogP contribution is 2.21. The van der Waals surface area contributed by atoms with Gasteiger partial charge < -0.3 is 15.0 Å². The molecule has 0 aromatic heterocycles. The maximum atomic E-state index is 12.9. The molecule has 29 heavy (non-hydrogen) atoms. The van der Waals surface area contributed by atoms with Crippen LogP contribution in [0, 0.1) is 0 Å². The highest BCUT2D eigenvalue weighted by Gasteiger charge is 2.30. The first-order valence-electron chi connectivity index (χ1n) is 9.55. The lowest BCUT2D eigenvalue weighted by molar-refractivity contribution is -0.130. The summed E-state index contributed by atoms with van der Waals surface area (Å²) in [6, 6.07) is 5.72. The largest absolute Gasteiger partial charge is 0.449 e. The highest BCUT2D eigenvalue weighted by atomic mass is 32.2.